The number of thiol groups is 1. The summed E-state index contributed by atoms with van der Waals surface area (Å²) in [6, 6.07) is 7.97. The highest BCUT2D eigenvalue weighted by Gasteiger charge is 2.51. The quantitative estimate of drug-likeness (QED) is 0.481. The van der Waals surface area contributed by atoms with Crippen LogP contribution in [0.3, 0.4) is 0 Å². The van der Waals surface area contributed by atoms with Gasteiger partial charge < -0.3 is 9.31 Å². The summed E-state index contributed by atoms with van der Waals surface area (Å²) in [6.45, 7) is 8.21. The first-order chi connectivity index (χ1) is 8.86. The lowest BCUT2D eigenvalue weighted by Gasteiger charge is -2.32. The molecule has 1 aliphatic heterocycles. The SMILES string of the molecule is CC1(C)OB(c2cccc(C#CCS)c2)OC1(C)C. The van der Waals surface area contributed by atoms with Crippen molar-refractivity contribution in [1.82, 2.24) is 0 Å². The van der Waals surface area contributed by atoms with Gasteiger partial charge in [-0.05, 0) is 45.3 Å². The van der Waals surface area contributed by atoms with Gasteiger partial charge in [0, 0.05) is 5.56 Å². The second-order valence-electron chi connectivity index (χ2n) is 5.67. The van der Waals surface area contributed by atoms with Gasteiger partial charge in [0.1, 0.15) is 0 Å². The number of hydrogen-bond donors (Lipinski definition) is 1. The molecule has 1 saturated heterocycles. The molecule has 19 heavy (non-hydrogen) atoms. The largest absolute Gasteiger partial charge is 0.494 e. The van der Waals surface area contributed by atoms with E-state index in [1.54, 1.807) is 0 Å². The van der Waals surface area contributed by atoms with Gasteiger partial charge >= 0.3 is 7.12 Å². The van der Waals surface area contributed by atoms with Crippen molar-refractivity contribution >= 4 is 25.2 Å². The molecule has 0 bridgehead atoms. The summed E-state index contributed by atoms with van der Waals surface area (Å²) in [5, 5.41) is 0. The molecule has 0 aromatic heterocycles. The summed E-state index contributed by atoms with van der Waals surface area (Å²) in [5.74, 6) is 6.57. The van der Waals surface area contributed by atoms with Crippen molar-refractivity contribution in [2.45, 2.75) is 38.9 Å². The minimum atomic E-state index is -0.331. The van der Waals surface area contributed by atoms with E-state index >= 15 is 0 Å². The Kier molecular flexibility index (Phi) is 4.01. The summed E-state index contributed by atoms with van der Waals surface area (Å²) >= 11 is 4.09. The number of rotatable bonds is 1. The molecular weight excluding hydrogens is 255 g/mol. The minimum Gasteiger partial charge on any atom is -0.399 e. The molecule has 0 saturated carbocycles. The van der Waals surface area contributed by atoms with E-state index in [1.807, 2.05) is 24.3 Å². The van der Waals surface area contributed by atoms with Crippen LogP contribution in [-0.4, -0.2) is 24.1 Å². The monoisotopic (exact) mass is 274 g/mol. The Morgan fingerprint density at radius 2 is 1.79 bits per heavy atom. The zero-order valence-corrected chi connectivity index (χ0v) is 12.8. The van der Waals surface area contributed by atoms with Crippen LogP contribution in [0.2, 0.25) is 0 Å². The minimum absolute atomic E-state index is 0.315. The lowest BCUT2D eigenvalue weighted by Crippen LogP contribution is -2.41. The van der Waals surface area contributed by atoms with Crippen LogP contribution in [0.1, 0.15) is 33.3 Å². The number of hydrogen-bond acceptors (Lipinski definition) is 3. The Morgan fingerprint density at radius 1 is 1.16 bits per heavy atom. The predicted molar refractivity (Wildman–Crippen MR) is 82.9 cm³/mol. The van der Waals surface area contributed by atoms with Crippen molar-refractivity contribution in [3.05, 3.63) is 29.8 Å². The first-order valence-corrected chi connectivity index (χ1v) is 7.04. The molecule has 0 amide bonds. The topological polar surface area (TPSA) is 18.5 Å². The standard InChI is InChI=1S/C15H19BO2S/c1-14(2)15(3,4)18-16(17-14)13-9-5-7-12(11-13)8-6-10-19/h5,7,9,11,19H,10H2,1-4H3. The third-order valence-electron chi connectivity index (χ3n) is 3.72. The molecule has 4 heteroatoms. The van der Waals surface area contributed by atoms with E-state index in [0.717, 1.165) is 11.0 Å². The first kappa shape index (κ1) is 14.5. The fraction of sp³-hybridized carbons (Fsp3) is 0.467. The van der Waals surface area contributed by atoms with Gasteiger partial charge in [-0.15, -0.1) is 0 Å². The predicted octanol–water partition coefficient (Wildman–Crippen LogP) is 2.27. The normalized spacial score (nSPS) is 19.9. The Morgan fingerprint density at radius 3 is 2.37 bits per heavy atom. The van der Waals surface area contributed by atoms with Gasteiger partial charge in [0.05, 0.1) is 17.0 Å². The highest BCUT2D eigenvalue weighted by Crippen LogP contribution is 2.36. The third-order valence-corrected chi connectivity index (χ3v) is 3.88. The Hall–Kier alpha value is -0.885. The molecule has 2 nitrogen and oxygen atoms in total. The van der Waals surface area contributed by atoms with Crippen LogP contribution in [0.25, 0.3) is 0 Å². The average molecular weight is 274 g/mol. The summed E-state index contributed by atoms with van der Waals surface area (Å²) in [7, 11) is -0.331. The van der Waals surface area contributed by atoms with E-state index in [4.69, 9.17) is 9.31 Å². The molecule has 1 aromatic rings. The molecule has 2 rings (SSSR count). The van der Waals surface area contributed by atoms with Crippen LogP contribution in [-0.2, 0) is 9.31 Å². The maximum Gasteiger partial charge on any atom is 0.494 e. The summed E-state index contributed by atoms with van der Waals surface area (Å²) in [6.07, 6.45) is 0. The lowest BCUT2D eigenvalue weighted by molar-refractivity contribution is 0.00578. The van der Waals surface area contributed by atoms with Gasteiger partial charge in [0.25, 0.3) is 0 Å². The van der Waals surface area contributed by atoms with Crippen LogP contribution in [0.5, 0.6) is 0 Å². The second kappa shape index (κ2) is 5.24. The van der Waals surface area contributed by atoms with E-state index in [-0.39, 0.29) is 18.3 Å². The highest BCUT2D eigenvalue weighted by atomic mass is 32.1. The van der Waals surface area contributed by atoms with Crippen molar-refractivity contribution in [1.29, 1.82) is 0 Å². The van der Waals surface area contributed by atoms with Crippen LogP contribution in [0.15, 0.2) is 24.3 Å². The van der Waals surface area contributed by atoms with Crippen molar-refractivity contribution < 1.29 is 9.31 Å². The molecule has 0 unspecified atom stereocenters. The van der Waals surface area contributed by atoms with Gasteiger partial charge in [-0.2, -0.15) is 12.6 Å². The zero-order chi connectivity index (χ0) is 14.1. The third kappa shape index (κ3) is 3.00. The van der Waals surface area contributed by atoms with E-state index in [0.29, 0.717) is 5.75 Å². The molecular formula is C15H19BO2S. The number of benzene rings is 1. The Bertz CT molecular complexity index is 512. The van der Waals surface area contributed by atoms with E-state index < -0.39 is 0 Å². The van der Waals surface area contributed by atoms with Crippen molar-refractivity contribution in [3.8, 4) is 11.8 Å². The summed E-state index contributed by atoms with van der Waals surface area (Å²) in [4.78, 5) is 0. The van der Waals surface area contributed by atoms with Gasteiger partial charge in [0.15, 0.2) is 0 Å². The molecule has 1 heterocycles. The summed E-state index contributed by atoms with van der Waals surface area (Å²) < 4.78 is 12.0. The molecule has 0 N–H and O–H groups in total. The van der Waals surface area contributed by atoms with E-state index in [9.17, 15) is 0 Å². The Labute approximate surface area is 121 Å². The van der Waals surface area contributed by atoms with Crippen molar-refractivity contribution in [3.63, 3.8) is 0 Å². The van der Waals surface area contributed by atoms with Gasteiger partial charge in [-0.3, -0.25) is 0 Å². The fourth-order valence-electron chi connectivity index (χ4n) is 1.88. The molecule has 0 aliphatic carbocycles. The molecule has 1 aliphatic rings. The fourth-order valence-corrected chi connectivity index (χ4v) is 1.96. The van der Waals surface area contributed by atoms with Crippen LogP contribution in [0, 0.1) is 11.8 Å². The highest BCUT2D eigenvalue weighted by molar-refractivity contribution is 7.80. The second-order valence-corrected chi connectivity index (χ2v) is 5.99. The van der Waals surface area contributed by atoms with Crippen LogP contribution < -0.4 is 5.46 Å². The average Bonchev–Trinajstić information content (AvgIpc) is 2.56. The maximum absolute atomic E-state index is 6.02. The molecule has 1 aromatic carbocycles. The Balaban J connectivity index is 2.25. The zero-order valence-electron chi connectivity index (χ0n) is 11.9. The smallest absolute Gasteiger partial charge is 0.399 e. The molecule has 0 atom stereocenters. The lowest BCUT2D eigenvalue weighted by atomic mass is 9.78. The van der Waals surface area contributed by atoms with Gasteiger partial charge in [-0.1, -0.05) is 24.0 Å². The van der Waals surface area contributed by atoms with Crippen molar-refractivity contribution in [2.75, 3.05) is 5.75 Å². The maximum atomic E-state index is 6.02. The molecule has 1 fully saturated rings. The van der Waals surface area contributed by atoms with Crippen molar-refractivity contribution in [2.24, 2.45) is 0 Å². The van der Waals surface area contributed by atoms with Crippen LogP contribution in [0.4, 0.5) is 0 Å². The van der Waals surface area contributed by atoms with E-state index in [2.05, 4.69) is 52.2 Å². The molecule has 0 spiro atoms. The summed E-state index contributed by atoms with van der Waals surface area (Å²) in [5.41, 5.74) is 1.33. The van der Waals surface area contributed by atoms with Gasteiger partial charge in [0.2, 0.25) is 0 Å². The molecule has 100 valence electrons. The van der Waals surface area contributed by atoms with Gasteiger partial charge in [-0.25, -0.2) is 0 Å². The van der Waals surface area contributed by atoms with E-state index in [1.165, 1.54) is 0 Å². The first-order valence-electron chi connectivity index (χ1n) is 6.41. The van der Waals surface area contributed by atoms with Crippen LogP contribution >= 0.6 is 12.6 Å². The molecule has 0 radical (unpaired) electrons.